The molecule has 1 heterocycles. The maximum atomic E-state index is 11.6. The van der Waals surface area contributed by atoms with Gasteiger partial charge in [-0.3, -0.25) is 9.59 Å². The van der Waals surface area contributed by atoms with E-state index in [2.05, 4.69) is 5.32 Å². The lowest BCUT2D eigenvalue weighted by Gasteiger charge is -2.26. The Kier molecular flexibility index (Phi) is 5.21. The van der Waals surface area contributed by atoms with Crippen molar-refractivity contribution in [3.05, 3.63) is 0 Å². The Hall–Kier alpha value is -1.14. The molecule has 1 saturated heterocycles. The second kappa shape index (κ2) is 6.44. The molecule has 16 heavy (non-hydrogen) atoms. The van der Waals surface area contributed by atoms with Gasteiger partial charge in [-0.05, 0) is 14.1 Å². The fourth-order valence-corrected chi connectivity index (χ4v) is 1.38. The van der Waals surface area contributed by atoms with E-state index in [-0.39, 0.29) is 0 Å². The van der Waals surface area contributed by atoms with Crippen LogP contribution in [0.4, 0.5) is 0 Å². The second-order valence-corrected chi connectivity index (χ2v) is 3.96. The third-order valence-electron chi connectivity index (χ3n) is 2.34. The Morgan fingerprint density at radius 2 is 1.94 bits per heavy atom. The van der Waals surface area contributed by atoms with Crippen LogP contribution in [0.15, 0.2) is 0 Å². The smallest absolute Gasteiger partial charge is 0.312 e. The number of carbonyl (C=O) groups excluding carboxylic acids is 2. The van der Waals surface area contributed by atoms with Crippen LogP contribution in [-0.2, 0) is 14.3 Å². The summed E-state index contributed by atoms with van der Waals surface area (Å²) in [5.41, 5.74) is 0. The molecule has 1 fully saturated rings. The fourth-order valence-electron chi connectivity index (χ4n) is 1.38. The van der Waals surface area contributed by atoms with Crippen LogP contribution in [0.1, 0.15) is 0 Å². The molecule has 0 saturated carbocycles. The Labute approximate surface area is 95.5 Å². The van der Waals surface area contributed by atoms with E-state index in [1.807, 2.05) is 19.0 Å². The van der Waals surface area contributed by atoms with Gasteiger partial charge in [0.1, 0.15) is 0 Å². The van der Waals surface area contributed by atoms with Crippen LogP contribution in [0, 0.1) is 0 Å². The Morgan fingerprint density at radius 3 is 2.50 bits per heavy atom. The van der Waals surface area contributed by atoms with Crippen LogP contribution in [0.25, 0.3) is 0 Å². The highest BCUT2D eigenvalue weighted by molar-refractivity contribution is 6.35. The Morgan fingerprint density at radius 1 is 1.31 bits per heavy atom. The predicted molar refractivity (Wildman–Crippen MR) is 59.0 cm³/mol. The molecule has 1 aliphatic rings. The summed E-state index contributed by atoms with van der Waals surface area (Å²) in [6.45, 7) is 3.23. The highest BCUT2D eigenvalue weighted by atomic mass is 16.5. The minimum Gasteiger partial charge on any atom is -0.378 e. The number of nitrogens with zero attached hydrogens (tertiary/aromatic N) is 2. The minimum absolute atomic E-state index is 0.456. The van der Waals surface area contributed by atoms with E-state index in [0.717, 1.165) is 6.54 Å². The molecule has 0 unspecified atom stereocenters. The minimum atomic E-state index is -0.524. The summed E-state index contributed by atoms with van der Waals surface area (Å²) in [4.78, 5) is 26.5. The van der Waals surface area contributed by atoms with Gasteiger partial charge >= 0.3 is 11.8 Å². The van der Waals surface area contributed by atoms with Crippen LogP contribution in [0.3, 0.4) is 0 Å². The van der Waals surface area contributed by atoms with Crippen molar-refractivity contribution < 1.29 is 14.3 Å². The van der Waals surface area contributed by atoms with Gasteiger partial charge in [0.2, 0.25) is 0 Å². The molecular weight excluding hydrogens is 210 g/mol. The van der Waals surface area contributed by atoms with Gasteiger partial charge in [-0.25, -0.2) is 0 Å². The second-order valence-electron chi connectivity index (χ2n) is 3.96. The largest absolute Gasteiger partial charge is 0.378 e. The van der Waals surface area contributed by atoms with Gasteiger partial charge in [0.05, 0.1) is 13.2 Å². The van der Waals surface area contributed by atoms with Gasteiger partial charge in [0, 0.05) is 26.2 Å². The molecule has 2 amide bonds. The van der Waals surface area contributed by atoms with Crippen LogP contribution >= 0.6 is 0 Å². The molecular formula is C10H19N3O3. The molecule has 0 radical (unpaired) electrons. The number of carbonyl (C=O) groups is 2. The van der Waals surface area contributed by atoms with Crippen molar-refractivity contribution in [3.63, 3.8) is 0 Å². The summed E-state index contributed by atoms with van der Waals surface area (Å²) in [6, 6.07) is 0. The number of amides is 2. The van der Waals surface area contributed by atoms with Crippen LogP contribution in [-0.4, -0.2) is 75.1 Å². The molecule has 0 aromatic carbocycles. The van der Waals surface area contributed by atoms with Crippen molar-refractivity contribution >= 4 is 11.8 Å². The maximum Gasteiger partial charge on any atom is 0.312 e. The monoisotopic (exact) mass is 229 g/mol. The summed E-state index contributed by atoms with van der Waals surface area (Å²) in [7, 11) is 3.83. The van der Waals surface area contributed by atoms with E-state index >= 15 is 0 Å². The lowest BCUT2D eigenvalue weighted by molar-refractivity contribution is -0.148. The summed E-state index contributed by atoms with van der Waals surface area (Å²) < 4.78 is 5.11. The summed E-state index contributed by atoms with van der Waals surface area (Å²) in [6.07, 6.45) is 0. The number of ether oxygens (including phenoxy) is 1. The topological polar surface area (TPSA) is 61.9 Å². The number of rotatable bonds is 3. The van der Waals surface area contributed by atoms with Crippen LogP contribution < -0.4 is 5.32 Å². The van der Waals surface area contributed by atoms with Crippen molar-refractivity contribution in [2.75, 3.05) is 53.5 Å². The molecule has 0 aliphatic carbocycles. The molecule has 6 heteroatoms. The molecule has 0 bridgehead atoms. The van der Waals surface area contributed by atoms with Gasteiger partial charge in [-0.1, -0.05) is 0 Å². The van der Waals surface area contributed by atoms with Crippen molar-refractivity contribution in [2.24, 2.45) is 0 Å². The van der Waals surface area contributed by atoms with E-state index in [4.69, 9.17) is 4.74 Å². The van der Waals surface area contributed by atoms with E-state index in [1.54, 1.807) is 0 Å². The molecule has 1 aliphatic heterocycles. The average Bonchev–Trinajstić information content (AvgIpc) is 2.28. The SMILES string of the molecule is CN(C)CCNC(=O)C(=O)N1CCOCC1. The van der Waals surface area contributed by atoms with Gasteiger partial charge in [-0.15, -0.1) is 0 Å². The van der Waals surface area contributed by atoms with Gasteiger partial charge < -0.3 is 19.9 Å². The zero-order valence-corrected chi connectivity index (χ0v) is 9.86. The first-order valence-electron chi connectivity index (χ1n) is 5.41. The zero-order chi connectivity index (χ0) is 12.0. The summed E-state index contributed by atoms with van der Waals surface area (Å²) >= 11 is 0. The normalized spacial score (nSPS) is 16.3. The standard InChI is InChI=1S/C10H19N3O3/c1-12(2)4-3-11-9(14)10(15)13-5-7-16-8-6-13/h3-8H2,1-2H3,(H,11,14). The molecule has 1 N–H and O–H groups in total. The summed E-state index contributed by atoms with van der Waals surface area (Å²) in [5.74, 6) is -0.981. The fraction of sp³-hybridized carbons (Fsp3) is 0.800. The predicted octanol–water partition coefficient (Wildman–Crippen LogP) is -1.48. The van der Waals surface area contributed by atoms with E-state index in [0.29, 0.717) is 32.8 Å². The number of nitrogens with one attached hydrogen (secondary N) is 1. The van der Waals surface area contributed by atoms with Crippen molar-refractivity contribution in [3.8, 4) is 0 Å². The first-order chi connectivity index (χ1) is 7.61. The van der Waals surface area contributed by atoms with E-state index in [1.165, 1.54) is 4.90 Å². The first-order valence-corrected chi connectivity index (χ1v) is 5.41. The highest BCUT2D eigenvalue weighted by Gasteiger charge is 2.22. The van der Waals surface area contributed by atoms with Gasteiger partial charge in [0.25, 0.3) is 0 Å². The zero-order valence-electron chi connectivity index (χ0n) is 9.86. The molecule has 1 rings (SSSR count). The van der Waals surface area contributed by atoms with Gasteiger partial charge in [-0.2, -0.15) is 0 Å². The highest BCUT2D eigenvalue weighted by Crippen LogP contribution is 1.97. The van der Waals surface area contributed by atoms with E-state index < -0.39 is 11.8 Å². The number of likely N-dealkylation sites (N-methyl/N-ethyl adjacent to an activating group) is 1. The molecule has 0 atom stereocenters. The molecule has 92 valence electrons. The summed E-state index contributed by atoms with van der Waals surface area (Å²) in [5, 5.41) is 2.60. The molecule has 0 aromatic heterocycles. The van der Waals surface area contributed by atoms with Gasteiger partial charge in [0.15, 0.2) is 0 Å². The Balaban J connectivity index is 2.26. The number of hydrogen-bond donors (Lipinski definition) is 1. The van der Waals surface area contributed by atoms with Crippen LogP contribution in [0.2, 0.25) is 0 Å². The van der Waals surface area contributed by atoms with Crippen molar-refractivity contribution in [1.29, 1.82) is 0 Å². The number of morpholine rings is 1. The number of hydrogen-bond acceptors (Lipinski definition) is 4. The lowest BCUT2D eigenvalue weighted by Crippen LogP contribution is -2.48. The van der Waals surface area contributed by atoms with Crippen molar-refractivity contribution in [2.45, 2.75) is 0 Å². The third kappa shape index (κ3) is 4.16. The molecule has 6 nitrogen and oxygen atoms in total. The first kappa shape index (κ1) is 12.9. The van der Waals surface area contributed by atoms with Crippen molar-refractivity contribution in [1.82, 2.24) is 15.1 Å². The van der Waals surface area contributed by atoms with E-state index in [9.17, 15) is 9.59 Å². The quantitative estimate of drug-likeness (QED) is 0.600. The third-order valence-corrected chi connectivity index (χ3v) is 2.34. The molecule has 0 spiro atoms. The lowest BCUT2D eigenvalue weighted by atomic mass is 10.4. The van der Waals surface area contributed by atoms with Crippen LogP contribution in [0.5, 0.6) is 0 Å². The average molecular weight is 229 g/mol. The molecule has 0 aromatic rings. The Bertz CT molecular complexity index is 250. The maximum absolute atomic E-state index is 11.6.